The minimum absolute atomic E-state index is 0.0611. The Hall–Kier alpha value is -3.33. The van der Waals surface area contributed by atoms with Crippen molar-refractivity contribution in [1.29, 1.82) is 0 Å². The quantitative estimate of drug-likeness (QED) is 0.674. The van der Waals surface area contributed by atoms with Crippen LogP contribution in [0.1, 0.15) is 60.9 Å². The molecule has 2 N–H and O–H groups in total. The van der Waals surface area contributed by atoms with Crippen LogP contribution in [0.3, 0.4) is 0 Å². The number of hydrogen-bond donors (Lipinski definition) is 2. The van der Waals surface area contributed by atoms with Crippen LogP contribution in [0.4, 0.5) is 4.39 Å². The van der Waals surface area contributed by atoms with Crippen LogP contribution in [0, 0.1) is 11.7 Å². The van der Waals surface area contributed by atoms with Crippen molar-refractivity contribution >= 4 is 29.3 Å². The Labute approximate surface area is 207 Å². The van der Waals surface area contributed by atoms with Gasteiger partial charge in [0, 0.05) is 30.9 Å². The van der Waals surface area contributed by atoms with Crippen molar-refractivity contribution in [2.45, 2.75) is 56.1 Å². The van der Waals surface area contributed by atoms with Crippen molar-refractivity contribution in [2.24, 2.45) is 10.9 Å². The van der Waals surface area contributed by atoms with Crippen LogP contribution in [0.2, 0.25) is 0 Å². The van der Waals surface area contributed by atoms with Gasteiger partial charge in [0.15, 0.2) is 0 Å². The lowest BCUT2D eigenvalue weighted by Crippen LogP contribution is -2.42. The maximum atomic E-state index is 15.5. The number of nitrogens with one attached hydrogen (secondary N) is 1. The van der Waals surface area contributed by atoms with E-state index >= 15 is 4.39 Å². The van der Waals surface area contributed by atoms with E-state index in [4.69, 9.17) is 4.99 Å². The SMILES string of the molecule is O=C(N1CC[C@@H](CN2C(=O)C3(CC3)N=C2c2ccc(C3=Cc4cn[nH]c4CC3)cc2F)C1)C1(O)CC1. The zero-order valence-corrected chi connectivity index (χ0v) is 20.0. The molecule has 9 heteroatoms. The number of nitrogens with zero attached hydrogens (tertiary/aromatic N) is 4. The van der Waals surface area contributed by atoms with E-state index in [-0.39, 0.29) is 23.5 Å². The lowest BCUT2D eigenvalue weighted by molar-refractivity contribution is -0.141. The first-order chi connectivity index (χ1) is 17.4. The fourth-order valence-corrected chi connectivity index (χ4v) is 5.82. The summed E-state index contributed by atoms with van der Waals surface area (Å²) in [5.41, 5.74) is 2.44. The van der Waals surface area contributed by atoms with Crippen molar-refractivity contribution in [3.8, 4) is 0 Å². The number of hydrogen-bond acceptors (Lipinski definition) is 5. The molecule has 3 heterocycles. The number of H-pyrrole nitrogens is 1. The van der Waals surface area contributed by atoms with Gasteiger partial charge in [-0.2, -0.15) is 5.10 Å². The van der Waals surface area contributed by atoms with Crippen LogP contribution in [0.25, 0.3) is 11.6 Å². The zero-order chi connectivity index (χ0) is 24.7. The Morgan fingerprint density at radius 1 is 1.22 bits per heavy atom. The molecule has 3 aliphatic carbocycles. The number of aliphatic hydroxyl groups is 1. The third-order valence-electron chi connectivity index (χ3n) is 8.38. The molecule has 36 heavy (non-hydrogen) atoms. The molecule has 2 saturated carbocycles. The summed E-state index contributed by atoms with van der Waals surface area (Å²) in [6.07, 6.45) is 8.63. The summed E-state index contributed by atoms with van der Waals surface area (Å²) in [4.78, 5) is 34.0. The Bertz CT molecular complexity index is 1350. The van der Waals surface area contributed by atoms with E-state index in [1.54, 1.807) is 28.1 Å². The highest BCUT2D eigenvalue weighted by Crippen LogP contribution is 2.47. The van der Waals surface area contributed by atoms with E-state index in [1.165, 1.54) is 0 Å². The number of fused-ring (bicyclic) bond motifs is 1. The summed E-state index contributed by atoms with van der Waals surface area (Å²) in [5.74, 6) is -0.180. The first-order valence-corrected chi connectivity index (χ1v) is 12.8. The van der Waals surface area contributed by atoms with E-state index in [2.05, 4.69) is 10.2 Å². The number of rotatable bonds is 5. The molecule has 0 unspecified atom stereocenters. The molecule has 186 valence electrons. The second kappa shape index (κ2) is 7.59. The van der Waals surface area contributed by atoms with Gasteiger partial charge >= 0.3 is 0 Å². The van der Waals surface area contributed by atoms with Gasteiger partial charge in [-0.15, -0.1) is 0 Å². The topological polar surface area (TPSA) is 102 Å². The molecule has 2 aromatic rings. The highest BCUT2D eigenvalue weighted by Gasteiger charge is 2.58. The van der Waals surface area contributed by atoms with Crippen molar-refractivity contribution in [3.63, 3.8) is 0 Å². The Kier molecular flexibility index (Phi) is 4.62. The van der Waals surface area contributed by atoms with E-state index in [9.17, 15) is 14.7 Å². The first-order valence-electron chi connectivity index (χ1n) is 12.8. The molecule has 0 radical (unpaired) electrons. The van der Waals surface area contributed by atoms with Crippen LogP contribution in [-0.2, 0) is 16.0 Å². The molecule has 1 saturated heterocycles. The summed E-state index contributed by atoms with van der Waals surface area (Å²) >= 11 is 0. The lowest BCUT2D eigenvalue weighted by Gasteiger charge is -2.24. The van der Waals surface area contributed by atoms with Gasteiger partial charge in [-0.05, 0) is 80.2 Å². The maximum Gasteiger partial charge on any atom is 0.256 e. The molecule has 1 aromatic heterocycles. The number of halogens is 1. The van der Waals surface area contributed by atoms with Crippen LogP contribution in [0.5, 0.6) is 0 Å². The number of allylic oxidation sites excluding steroid dienone is 1. The third-order valence-corrected chi connectivity index (χ3v) is 8.38. The van der Waals surface area contributed by atoms with Crippen LogP contribution in [-0.4, -0.2) is 73.5 Å². The number of aryl methyl sites for hydroxylation is 1. The molecule has 1 aromatic carbocycles. The van der Waals surface area contributed by atoms with Crippen molar-refractivity contribution < 1.29 is 19.1 Å². The molecule has 1 spiro atoms. The number of amides is 2. The van der Waals surface area contributed by atoms with E-state index in [0.29, 0.717) is 56.7 Å². The van der Waals surface area contributed by atoms with E-state index in [1.807, 2.05) is 12.1 Å². The second-order valence-electron chi connectivity index (χ2n) is 11.0. The average molecular weight is 490 g/mol. The standard InChI is InChI=1S/C27H28FN5O3/c28-21-12-18(17-2-4-22-19(11-17)13-29-31-22)1-3-20(21)23-30-26(6-7-26)24(34)33(23)15-16-5-10-32(14-16)25(35)27(36)8-9-27/h1,3,11-13,16,36H,2,4-10,14-15H2,(H,29,31)/t16-/m1/s1. The predicted molar refractivity (Wildman–Crippen MR) is 130 cm³/mol. The number of benzene rings is 1. The number of aromatic amines is 1. The fourth-order valence-electron chi connectivity index (χ4n) is 5.82. The summed E-state index contributed by atoms with van der Waals surface area (Å²) in [6.45, 7) is 1.47. The minimum Gasteiger partial charge on any atom is -0.380 e. The van der Waals surface area contributed by atoms with Gasteiger partial charge in [0.05, 0.1) is 11.8 Å². The number of amidine groups is 1. The van der Waals surface area contributed by atoms with Gasteiger partial charge in [0.2, 0.25) is 0 Å². The molecular weight excluding hydrogens is 461 g/mol. The van der Waals surface area contributed by atoms with Gasteiger partial charge in [0.1, 0.15) is 22.8 Å². The highest BCUT2D eigenvalue weighted by atomic mass is 19.1. The number of carbonyl (C=O) groups excluding carboxylic acids is 2. The molecular formula is C27H28FN5O3. The van der Waals surface area contributed by atoms with Crippen LogP contribution in [0.15, 0.2) is 29.4 Å². The fraction of sp³-hybridized carbons (Fsp3) is 0.481. The highest BCUT2D eigenvalue weighted by molar-refractivity contribution is 6.16. The molecule has 2 amide bonds. The summed E-state index contributed by atoms with van der Waals surface area (Å²) in [5, 5.41) is 17.3. The molecule has 0 bridgehead atoms. The molecule has 3 fully saturated rings. The minimum atomic E-state index is -1.18. The lowest BCUT2D eigenvalue weighted by atomic mass is 9.92. The van der Waals surface area contributed by atoms with Gasteiger partial charge < -0.3 is 10.0 Å². The van der Waals surface area contributed by atoms with Gasteiger partial charge in [0.25, 0.3) is 11.8 Å². The van der Waals surface area contributed by atoms with Crippen molar-refractivity contribution in [3.05, 3.63) is 52.6 Å². The molecule has 7 rings (SSSR count). The maximum absolute atomic E-state index is 15.5. The average Bonchev–Trinajstić information content (AvgIpc) is 3.66. The van der Waals surface area contributed by atoms with Crippen molar-refractivity contribution in [2.75, 3.05) is 19.6 Å². The van der Waals surface area contributed by atoms with Crippen LogP contribution >= 0.6 is 0 Å². The largest absolute Gasteiger partial charge is 0.380 e. The normalized spacial score (nSPS) is 25.2. The number of aliphatic imine (C=N–C) groups is 1. The summed E-state index contributed by atoms with van der Waals surface area (Å²) < 4.78 is 15.5. The second-order valence-corrected chi connectivity index (χ2v) is 11.0. The molecule has 2 aliphatic heterocycles. The molecule has 5 aliphatic rings. The summed E-state index contributed by atoms with van der Waals surface area (Å²) in [6, 6.07) is 5.19. The first kappa shape index (κ1) is 21.9. The number of carbonyl (C=O) groups is 2. The Morgan fingerprint density at radius 2 is 2.06 bits per heavy atom. The molecule has 1 atom stereocenters. The predicted octanol–water partition coefficient (Wildman–Crippen LogP) is 2.53. The van der Waals surface area contributed by atoms with Crippen molar-refractivity contribution in [1.82, 2.24) is 20.0 Å². The van der Waals surface area contributed by atoms with Crippen LogP contribution < -0.4 is 0 Å². The Balaban J connectivity index is 1.13. The van der Waals surface area contributed by atoms with Gasteiger partial charge in [-0.25, -0.2) is 4.39 Å². The van der Waals surface area contributed by atoms with Gasteiger partial charge in [-0.3, -0.25) is 24.6 Å². The zero-order valence-electron chi connectivity index (χ0n) is 20.0. The monoisotopic (exact) mass is 489 g/mol. The molecule has 8 nitrogen and oxygen atoms in total. The van der Waals surface area contributed by atoms with Gasteiger partial charge in [-0.1, -0.05) is 6.07 Å². The third kappa shape index (κ3) is 3.43. The smallest absolute Gasteiger partial charge is 0.256 e. The number of aromatic nitrogens is 2. The van der Waals surface area contributed by atoms with E-state index in [0.717, 1.165) is 41.7 Å². The number of likely N-dealkylation sites (tertiary alicyclic amines) is 1. The Morgan fingerprint density at radius 3 is 2.81 bits per heavy atom. The van der Waals surface area contributed by atoms with E-state index < -0.39 is 11.1 Å². The summed E-state index contributed by atoms with van der Waals surface area (Å²) in [7, 11) is 0.